The van der Waals surface area contributed by atoms with Crippen LogP contribution in [0.25, 0.3) is 0 Å². The summed E-state index contributed by atoms with van der Waals surface area (Å²) in [5, 5.41) is 11.9. The predicted octanol–water partition coefficient (Wildman–Crippen LogP) is 3.27. The number of hydrogen-bond acceptors (Lipinski definition) is 2. The molecule has 20 heavy (non-hydrogen) atoms. The van der Waals surface area contributed by atoms with Crippen LogP contribution in [0, 0.1) is 5.82 Å². The van der Waals surface area contributed by atoms with Gasteiger partial charge in [-0.05, 0) is 58.2 Å². The SMILES string of the molecule is O=C(NCCc1ccc(O)cc1)c1cc(F)ccc1Br. The Hall–Kier alpha value is -1.88. The van der Waals surface area contributed by atoms with Gasteiger partial charge in [0.25, 0.3) is 5.91 Å². The van der Waals surface area contributed by atoms with Crippen LogP contribution < -0.4 is 5.32 Å². The first-order chi connectivity index (χ1) is 9.56. The van der Waals surface area contributed by atoms with Gasteiger partial charge >= 0.3 is 0 Å². The fourth-order valence-electron chi connectivity index (χ4n) is 1.75. The van der Waals surface area contributed by atoms with Crippen molar-refractivity contribution in [3.63, 3.8) is 0 Å². The number of nitrogens with one attached hydrogen (secondary N) is 1. The van der Waals surface area contributed by atoms with Gasteiger partial charge in [-0.2, -0.15) is 0 Å². The normalized spacial score (nSPS) is 10.3. The lowest BCUT2D eigenvalue weighted by Crippen LogP contribution is -2.26. The molecule has 0 radical (unpaired) electrons. The minimum Gasteiger partial charge on any atom is -0.508 e. The molecule has 0 saturated heterocycles. The molecule has 0 saturated carbocycles. The van der Waals surface area contributed by atoms with Crippen molar-refractivity contribution < 1.29 is 14.3 Å². The zero-order valence-corrected chi connectivity index (χ0v) is 12.2. The van der Waals surface area contributed by atoms with Crippen molar-refractivity contribution in [2.45, 2.75) is 6.42 Å². The first-order valence-corrected chi connectivity index (χ1v) is 6.87. The van der Waals surface area contributed by atoms with Gasteiger partial charge < -0.3 is 10.4 Å². The van der Waals surface area contributed by atoms with Gasteiger partial charge in [0.2, 0.25) is 0 Å². The lowest BCUT2D eigenvalue weighted by molar-refractivity contribution is 0.0953. The summed E-state index contributed by atoms with van der Waals surface area (Å²) in [4.78, 5) is 11.9. The first-order valence-electron chi connectivity index (χ1n) is 6.07. The highest BCUT2D eigenvalue weighted by Crippen LogP contribution is 2.17. The molecule has 0 heterocycles. The van der Waals surface area contributed by atoms with Crippen LogP contribution in [0.5, 0.6) is 5.75 Å². The summed E-state index contributed by atoms with van der Waals surface area (Å²) in [6.45, 7) is 0.437. The van der Waals surface area contributed by atoms with Gasteiger partial charge in [-0.25, -0.2) is 4.39 Å². The van der Waals surface area contributed by atoms with Gasteiger partial charge in [0.05, 0.1) is 5.56 Å². The summed E-state index contributed by atoms with van der Waals surface area (Å²) >= 11 is 3.22. The van der Waals surface area contributed by atoms with E-state index in [1.165, 1.54) is 18.2 Å². The summed E-state index contributed by atoms with van der Waals surface area (Å²) in [5.41, 5.74) is 1.28. The Morgan fingerprint density at radius 1 is 1.20 bits per heavy atom. The van der Waals surface area contributed by atoms with E-state index < -0.39 is 5.82 Å². The van der Waals surface area contributed by atoms with Gasteiger partial charge in [0.1, 0.15) is 11.6 Å². The van der Waals surface area contributed by atoms with E-state index in [0.29, 0.717) is 17.4 Å². The van der Waals surface area contributed by atoms with Crippen molar-refractivity contribution in [3.8, 4) is 5.75 Å². The first kappa shape index (κ1) is 14.5. The average molecular weight is 338 g/mol. The summed E-state index contributed by atoms with van der Waals surface area (Å²) < 4.78 is 13.7. The molecule has 0 aliphatic heterocycles. The molecular weight excluding hydrogens is 325 g/mol. The number of phenolic OH excluding ortho intramolecular Hbond substituents is 1. The molecule has 3 nitrogen and oxygen atoms in total. The van der Waals surface area contributed by atoms with Crippen LogP contribution in [0.15, 0.2) is 46.9 Å². The third-order valence-corrected chi connectivity index (χ3v) is 3.50. The molecule has 0 fully saturated rings. The summed E-state index contributed by atoms with van der Waals surface area (Å²) in [6, 6.07) is 10.8. The zero-order chi connectivity index (χ0) is 14.5. The molecule has 2 N–H and O–H groups in total. The minimum absolute atomic E-state index is 0.210. The fourth-order valence-corrected chi connectivity index (χ4v) is 2.18. The van der Waals surface area contributed by atoms with E-state index in [4.69, 9.17) is 5.11 Å². The number of amides is 1. The topological polar surface area (TPSA) is 49.3 Å². The second kappa shape index (κ2) is 6.52. The smallest absolute Gasteiger partial charge is 0.252 e. The lowest BCUT2D eigenvalue weighted by Gasteiger charge is -2.07. The summed E-state index contributed by atoms with van der Waals surface area (Å²) in [5.74, 6) is -0.562. The molecule has 0 spiro atoms. The number of hydrogen-bond donors (Lipinski definition) is 2. The maximum absolute atomic E-state index is 13.1. The zero-order valence-electron chi connectivity index (χ0n) is 10.6. The molecule has 0 unspecified atom stereocenters. The van der Waals surface area contributed by atoms with Crippen molar-refractivity contribution in [1.82, 2.24) is 5.32 Å². The average Bonchev–Trinajstić information content (AvgIpc) is 2.43. The van der Waals surface area contributed by atoms with Crippen LogP contribution in [-0.4, -0.2) is 17.6 Å². The molecule has 2 rings (SSSR count). The second-order valence-corrected chi connectivity index (χ2v) is 5.15. The maximum atomic E-state index is 13.1. The Balaban J connectivity index is 1.92. The third-order valence-electron chi connectivity index (χ3n) is 2.81. The van der Waals surface area contributed by atoms with Crippen LogP contribution in [0.2, 0.25) is 0 Å². The van der Waals surface area contributed by atoms with Gasteiger partial charge in [-0.3, -0.25) is 4.79 Å². The maximum Gasteiger partial charge on any atom is 0.252 e. The molecule has 2 aromatic rings. The highest BCUT2D eigenvalue weighted by molar-refractivity contribution is 9.10. The Labute approximate surface area is 124 Å². The van der Waals surface area contributed by atoms with Crippen LogP contribution in [0.4, 0.5) is 4.39 Å². The van der Waals surface area contributed by atoms with E-state index in [0.717, 1.165) is 5.56 Å². The van der Waals surface area contributed by atoms with Crippen LogP contribution in [0.1, 0.15) is 15.9 Å². The van der Waals surface area contributed by atoms with Gasteiger partial charge in [0.15, 0.2) is 0 Å². The second-order valence-electron chi connectivity index (χ2n) is 4.30. The number of aromatic hydroxyl groups is 1. The summed E-state index contributed by atoms with van der Waals surface area (Å²) in [6.07, 6.45) is 0.638. The van der Waals surface area contributed by atoms with E-state index in [9.17, 15) is 9.18 Å². The quantitative estimate of drug-likeness (QED) is 0.899. The minimum atomic E-state index is -0.447. The number of rotatable bonds is 4. The van der Waals surface area contributed by atoms with Crippen molar-refractivity contribution in [2.24, 2.45) is 0 Å². The predicted molar refractivity (Wildman–Crippen MR) is 78.2 cm³/mol. The monoisotopic (exact) mass is 337 g/mol. The Morgan fingerprint density at radius 2 is 1.90 bits per heavy atom. The van der Waals surface area contributed by atoms with Gasteiger partial charge in [0, 0.05) is 11.0 Å². The standard InChI is InChI=1S/C15H13BrFNO2/c16-14-6-3-11(17)9-13(14)15(20)18-8-7-10-1-4-12(19)5-2-10/h1-6,9,19H,7-8H2,(H,18,20). The molecule has 5 heteroatoms. The highest BCUT2D eigenvalue weighted by Gasteiger charge is 2.10. The van der Waals surface area contributed by atoms with Crippen LogP contribution in [0.3, 0.4) is 0 Å². The molecule has 0 aliphatic rings. The molecule has 0 atom stereocenters. The highest BCUT2D eigenvalue weighted by atomic mass is 79.9. The van der Waals surface area contributed by atoms with Crippen molar-refractivity contribution in [3.05, 3.63) is 63.9 Å². The Kier molecular flexibility index (Phi) is 4.74. The van der Waals surface area contributed by atoms with Crippen LogP contribution in [-0.2, 0) is 6.42 Å². The third kappa shape index (κ3) is 3.81. The molecular formula is C15H13BrFNO2. The Morgan fingerprint density at radius 3 is 2.60 bits per heavy atom. The van der Waals surface area contributed by atoms with Crippen molar-refractivity contribution in [1.29, 1.82) is 0 Å². The number of halogens is 2. The molecule has 0 bridgehead atoms. The van der Waals surface area contributed by atoms with E-state index in [-0.39, 0.29) is 17.2 Å². The van der Waals surface area contributed by atoms with E-state index in [2.05, 4.69) is 21.2 Å². The largest absolute Gasteiger partial charge is 0.508 e. The molecule has 0 aliphatic carbocycles. The van der Waals surface area contributed by atoms with Crippen molar-refractivity contribution >= 4 is 21.8 Å². The molecule has 1 amide bonds. The molecule has 0 aromatic heterocycles. The summed E-state index contributed by atoms with van der Waals surface area (Å²) in [7, 11) is 0. The van der Waals surface area contributed by atoms with E-state index in [1.54, 1.807) is 24.3 Å². The van der Waals surface area contributed by atoms with Gasteiger partial charge in [-0.1, -0.05) is 12.1 Å². The number of phenols is 1. The Bertz CT molecular complexity index is 614. The number of carbonyl (C=O) groups excluding carboxylic acids is 1. The van der Waals surface area contributed by atoms with E-state index >= 15 is 0 Å². The van der Waals surface area contributed by atoms with E-state index in [1.807, 2.05) is 0 Å². The number of benzene rings is 2. The van der Waals surface area contributed by atoms with Gasteiger partial charge in [-0.15, -0.1) is 0 Å². The lowest BCUT2D eigenvalue weighted by atomic mass is 10.1. The molecule has 104 valence electrons. The molecule has 2 aromatic carbocycles. The number of carbonyl (C=O) groups is 1. The fraction of sp³-hybridized carbons (Fsp3) is 0.133. The van der Waals surface area contributed by atoms with Crippen molar-refractivity contribution in [2.75, 3.05) is 6.54 Å². The van der Waals surface area contributed by atoms with Crippen LogP contribution >= 0.6 is 15.9 Å².